The van der Waals surface area contributed by atoms with E-state index in [1.54, 1.807) is 6.07 Å². The Morgan fingerprint density at radius 2 is 2.05 bits per heavy atom. The highest BCUT2D eigenvalue weighted by Crippen LogP contribution is 2.16. The Bertz CT molecular complexity index is 424. The quantitative estimate of drug-likeness (QED) is 0.513. The molecule has 0 aliphatic heterocycles. The summed E-state index contributed by atoms with van der Waals surface area (Å²) in [5, 5.41) is 2.85. The lowest BCUT2D eigenvalue weighted by Crippen LogP contribution is -2.29. The summed E-state index contributed by atoms with van der Waals surface area (Å²) in [5.41, 5.74) is 7.08. The van der Waals surface area contributed by atoms with Crippen molar-refractivity contribution in [1.29, 1.82) is 0 Å². The van der Waals surface area contributed by atoms with Gasteiger partial charge in [-0.05, 0) is 38.6 Å². The van der Waals surface area contributed by atoms with E-state index >= 15 is 0 Å². The first-order valence-electron chi connectivity index (χ1n) is 7.61. The fraction of sp³-hybridized carbons (Fsp3) is 0.562. The third-order valence-corrected chi connectivity index (χ3v) is 3.32. The maximum absolute atomic E-state index is 11.9. The summed E-state index contributed by atoms with van der Waals surface area (Å²) >= 11 is 0. The largest absolute Gasteiger partial charge is 0.397 e. The third-order valence-electron chi connectivity index (χ3n) is 3.32. The van der Waals surface area contributed by atoms with E-state index in [1.165, 1.54) is 0 Å². The lowest BCUT2D eigenvalue weighted by atomic mass is 10.2. The van der Waals surface area contributed by atoms with E-state index < -0.39 is 0 Å². The van der Waals surface area contributed by atoms with Crippen molar-refractivity contribution in [3.05, 3.63) is 24.3 Å². The number of nitrogen functional groups attached to an aromatic ring is 1. The van der Waals surface area contributed by atoms with Crippen LogP contribution in [0.3, 0.4) is 0 Å². The Kier molecular flexibility index (Phi) is 8.47. The molecule has 1 rings (SSSR count). The van der Waals surface area contributed by atoms with E-state index in [0.29, 0.717) is 17.8 Å². The molecule has 0 saturated heterocycles. The van der Waals surface area contributed by atoms with E-state index in [-0.39, 0.29) is 5.91 Å². The van der Waals surface area contributed by atoms with E-state index in [1.807, 2.05) is 25.1 Å². The molecule has 0 atom stereocenters. The summed E-state index contributed by atoms with van der Waals surface area (Å²) in [6, 6.07) is 7.30. The Morgan fingerprint density at radius 1 is 1.29 bits per heavy atom. The third kappa shape index (κ3) is 7.11. The van der Waals surface area contributed by atoms with Crippen LogP contribution in [-0.4, -0.2) is 43.7 Å². The fourth-order valence-corrected chi connectivity index (χ4v) is 2.05. The average molecular weight is 293 g/mol. The summed E-state index contributed by atoms with van der Waals surface area (Å²) in [6.45, 7) is 8.40. The number of rotatable bonds is 10. The van der Waals surface area contributed by atoms with Gasteiger partial charge in [0.15, 0.2) is 0 Å². The Hall–Kier alpha value is -1.59. The maximum atomic E-state index is 11.9. The number of amides is 1. The summed E-state index contributed by atoms with van der Waals surface area (Å²) in [4.78, 5) is 14.2. The zero-order valence-corrected chi connectivity index (χ0v) is 13.1. The highest BCUT2D eigenvalue weighted by molar-refractivity contribution is 5.93. The first-order chi connectivity index (χ1) is 10.2. The van der Waals surface area contributed by atoms with E-state index in [0.717, 1.165) is 39.3 Å². The van der Waals surface area contributed by atoms with Crippen molar-refractivity contribution >= 4 is 17.3 Å². The molecule has 0 aliphatic carbocycles. The second-order valence-electron chi connectivity index (χ2n) is 4.87. The Labute approximate surface area is 127 Å². The number of anilines is 2. The van der Waals surface area contributed by atoms with Gasteiger partial charge in [0.1, 0.15) is 0 Å². The number of benzene rings is 1. The van der Waals surface area contributed by atoms with Crippen molar-refractivity contribution in [1.82, 2.24) is 4.90 Å². The predicted octanol–water partition coefficient (Wildman–Crippen LogP) is 2.35. The summed E-state index contributed by atoms with van der Waals surface area (Å²) in [6.07, 6.45) is 1.33. The maximum Gasteiger partial charge on any atom is 0.224 e. The molecule has 0 saturated carbocycles. The van der Waals surface area contributed by atoms with Crippen LogP contribution in [0.5, 0.6) is 0 Å². The van der Waals surface area contributed by atoms with Crippen LogP contribution in [-0.2, 0) is 9.53 Å². The number of para-hydroxylation sites is 2. The van der Waals surface area contributed by atoms with Crippen LogP contribution in [0.1, 0.15) is 26.7 Å². The second-order valence-corrected chi connectivity index (χ2v) is 4.87. The molecule has 0 unspecified atom stereocenters. The molecule has 118 valence electrons. The van der Waals surface area contributed by atoms with Crippen LogP contribution in [0.4, 0.5) is 11.4 Å². The number of nitrogens with two attached hydrogens (primary N) is 1. The molecule has 0 aromatic heterocycles. The molecule has 5 nitrogen and oxygen atoms in total. The lowest BCUT2D eigenvalue weighted by Gasteiger charge is -2.19. The lowest BCUT2D eigenvalue weighted by molar-refractivity contribution is -0.116. The van der Waals surface area contributed by atoms with Crippen LogP contribution in [0.2, 0.25) is 0 Å². The van der Waals surface area contributed by atoms with E-state index in [2.05, 4.69) is 17.1 Å². The molecule has 1 aromatic rings. The van der Waals surface area contributed by atoms with Crippen LogP contribution in [0.15, 0.2) is 24.3 Å². The summed E-state index contributed by atoms with van der Waals surface area (Å²) in [5.74, 6) is 0.00811. The number of carbonyl (C=O) groups excluding carboxylic acids is 1. The smallest absolute Gasteiger partial charge is 0.224 e. The van der Waals surface area contributed by atoms with Gasteiger partial charge < -0.3 is 20.7 Å². The van der Waals surface area contributed by atoms with Gasteiger partial charge in [-0.2, -0.15) is 0 Å². The van der Waals surface area contributed by atoms with Gasteiger partial charge in [-0.15, -0.1) is 0 Å². The first-order valence-corrected chi connectivity index (χ1v) is 7.61. The molecule has 0 aliphatic rings. The molecule has 0 radical (unpaired) electrons. The van der Waals surface area contributed by atoms with E-state index in [4.69, 9.17) is 10.5 Å². The summed E-state index contributed by atoms with van der Waals surface area (Å²) in [7, 11) is 0. The van der Waals surface area contributed by atoms with Crippen LogP contribution in [0, 0.1) is 0 Å². The number of nitrogens with one attached hydrogen (secondary N) is 1. The number of hydrogen-bond donors (Lipinski definition) is 2. The number of likely N-dealkylation sites (N-methyl/N-ethyl adjacent to an activating group) is 1. The topological polar surface area (TPSA) is 67.6 Å². The minimum atomic E-state index is 0.00811. The molecule has 0 heterocycles. The van der Waals surface area contributed by atoms with Gasteiger partial charge in [0.2, 0.25) is 5.91 Å². The van der Waals surface area contributed by atoms with Crippen molar-refractivity contribution in [3.8, 4) is 0 Å². The zero-order chi connectivity index (χ0) is 15.5. The molecule has 0 spiro atoms. The zero-order valence-electron chi connectivity index (χ0n) is 13.1. The van der Waals surface area contributed by atoms with Crippen LogP contribution >= 0.6 is 0 Å². The minimum absolute atomic E-state index is 0.00811. The highest BCUT2D eigenvalue weighted by Gasteiger charge is 2.07. The Morgan fingerprint density at radius 3 is 2.71 bits per heavy atom. The second kappa shape index (κ2) is 10.2. The SMILES string of the molecule is CCOCCN(CC)CCCC(=O)Nc1ccccc1N. The molecule has 0 bridgehead atoms. The van der Waals surface area contributed by atoms with Gasteiger partial charge in [0.05, 0.1) is 18.0 Å². The molecule has 0 fully saturated rings. The van der Waals surface area contributed by atoms with Crippen molar-refractivity contribution in [2.75, 3.05) is 43.9 Å². The van der Waals surface area contributed by atoms with Gasteiger partial charge in [-0.25, -0.2) is 0 Å². The van der Waals surface area contributed by atoms with Crippen LogP contribution in [0.25, 0.3) is 0 Å². The van der Waals surface area contributed by atoms with Gasteiger partial charge in [0, 0.05) is 19.6 Å². The van der Waals surface area contributed by atoms with Crippen molar-refractivity contribution in [2.24, 2.45) is 0 Å². The first kappa shape index (κ1) is 17.5. The molecule has 1 aromatic carbocycles. The molecule has 5 heteroatoms. The normalized spacial score (nSPS) is 10.8. The van der Waals surface area contributed by atoms with E-state index in [9.17, 15) is 4.79 Å². The Balaban J connectivity index is 2.25. The number of hydrogen-bond acceptors (Lipinski definition) is 4. The van der Waals surface area contributed by atoms with Crippen molar-refractivity contribution < 1.29 is 9.53 Å². The monoisotopic (exact) mass is 293 g/mol. The van der Waals surface area contributed by atoms with Gasteiger partial charge in [-0.1, -0.05) is 19.1 Å². The minimum Gasteiger partial charge on any atom is -0.397 e. The number of ether oxygens (including phenoxy) is 1. The fourth-order valence-electron chi connectivity index (χ4n) is 2.05. The molecule has 3 N–H and O–H groups in total. The van der Waals surface area contributed by atoms with Gasteiger partial charge in [-0.3, -0.25) is 4.79 Å². The van der Waals surface area contributed by atoms with Crippen molar-refractivity contribution in [3.63, 3.8) is 0 Å². The molecular formula is C16H27N3O2. The average Bonchev–Trinajstić information content (AvgIpc) is 2.48. The molecule has 21 heavy (non-hydrogen) atoms. The highest BCUT2D eigenvalue weighted by atomic mass is 16.5. The number of nitrogens with zero attached hydrogens (tertiary/aromatic N) is 1. The number of carbonyl (C=O) groups is 1. The standard InChI is InChI=1S/C16H27N3O2/c1-3-19(12-13-21-4-2)11-7-10-16(20)18-15-9-6-5-8-14(15)17/h5-6,8-9H,3-4,7,10-13,17H2,1-2H3,(H,18,20). The van der Waals surface area contributed by atoms with Crippen molar-refractivity contribution in [2.45, 2.75) is 26.7 Å². The predicted molar refractivity (Wildman–Crippen MR) is 87.3 cm³/mol. The van der Waals surface area contributed by atoms with Gasteiger partial charge in [0.25, 0.3) is 0 Å². The molecular weight excluding hydrogens is 266 g/mol. The summed E-state index contributed by atoms with van der Waals surface area (Å²) < 4.78 is 5.35. The van der Waals surface area contributed by atoms with Gasteiger partial charge >= 0.3 is 0 Å². The molecule has 1 amide bonds. The van der Waals surface area contributed by atoms with Crippen LogP contribution < -0.4 is 11.1 Å².